The number of hydrogen-bond donors (Lipinski definition) is 0. The van der Waals surface area contributed by atoms with E-state index in [1.807, 2.05) is 6.07 Å². The molecule has 0 saturated carbocycles. The highest BCUT2D eigenvalue weighted by molar-refractivity contribution is 6.13. The van der Waals surface area contributed by atoms with E-state index in [0.29, 0.717) is 5.56 Å². The maximum absolute atomic E-state index is 11.7. The fourth-order valence-electron chi connectivity index (χ4n) is 1.43. The van der Waals surface area contributed by atoms with Gasteiger partial charge < -0.3 is 4.74 Å². The molecule has 1 amide bonds. The second-order valence-corrected chi connectivity index (χ2v) is 3.51. The van der Waals surface area contributed by atoms with E-state index in [9.17, 15) is 9.59 Å². The topological polar surface area (TPSA) is 80.4 Å². The van der Waals surface area contributed by atoms with Crippen LogP contribution in [0.4, 0.5) is 0 Å². The number of azo groups is 1. The largest absolute Gasteiger partial charge is 0.464 e. The number of benzene rings is 1. The molecule has 6 nitrogen and oxygen atoms in total. The van der Waals surface area contributed by atoms with Crippen LogP contribution >= 0.6 is 0 Å². The Bertz CT molecular complexity index is 523. The van der Waals surface area contributed by atoms with Crippen molar-refractivity contribution in [2.75, 3.05) is 6.61 Å². The molecule has 0 bridgehead atoms. The molecule has 6 heteroatoms. The van der Waals surface area contributed by atoms with Gasteiger partial charge in [-0.25, -0.2) is 4.79 Å². The minimum Gasteiger partial charge on any atom is -0.464 e. The summed E-state index contributed by atoms with van der Waals surface area (Å²) in [6.45, 7) is 1.84. The minimum atomic E-state index is -1.27. The van der Waals surface area contributed by atoms with E-state index in [-0.39, 0.29) is 12.4 Å². The van der Waals surface area contributed by atoms with Crippen LogP contribution in [0.1, 0.15) is 12.5 Å². The molecule has 1 aromatic carbocycles. The average Bonchev–Trinajstić information content (AvgIpc) is 2.40. The molecule has 0 aliphatic carbocycles. The summed E-state index contributed by atoms with van der Waals surface area (Å²) in [6, 6.07) is 7.70. The van der Waals surface area contributed by atoms with Gasteiger partial charge in [-0.15, -0.1) is 5.11 Å². The van der Waals surface area contributed by atoms with E-state index in [1.54, 1.807) is 31.2 Å². The number of amides is 1. The monoisotopic (exact) mass is 245 g/mol. The summed E-state index contributed by atoms with van der Waals surface area (Å²) >= 11 is 0. The van der Waals surface area contributed by atoms with E-state index < -0.39 is 17.9 Å². The maximum Gasteiger partial charge on any atom is 0.342 e. The van der Waals surface area contributed by atoms with Gasteiger partial charge in [-0.05, 0) is 6.92 Å². The molecule has 1 atom stereocenters. The Morgan fingerprint density at radius 2 is 2.06 bits per heavy atom. The lowest BCUT2D eigenvalue weighted by Gasteiger charge is -2.11. The highest BCUT2D eigenvalue weighted by Gasteiger charge is 2.31. The number of carbonyl (C=O) groups excluding carboxylic acids is 2. The molecule has 1 aliphatic rings. The van der Waals surface area contributed by atoms with Gasteiger partial charge in [0.05, 0.1) is 6.61 Å². The van der Waals surface area contributed by atoms with Crippen LogP contribution in [0.2, 0.25) is 0 Å². The van der Waals surface area contributed by atoms with Crippen molar-refractivity contribution in [3.8, 4) is 0 Å². The number of nitrogens with zero attached hydrogens (tertiary/aromatic N) is 3. The fourth-order valence-corrected chi connectivity index (χ4v) is 1.43. The van der Waals surface area contributed by atoms with Crippen molar-refractivity contribution in [2.24, 2.45) is 15.2 Å². The molecule has 1 heterocycles. The summed E-state index contributed by atoms with van der Waals surface area (Å²) in [5, 5.41) is 7.45. The van der Waals surface area contributed by atoms with Crippen molar-refractivity contribution in [3.63, 3.8) is 0 Å². The third kappa shape index (κ3) is 2.48. The van der Waals surface area contributed by atoms with Gasteiger partial charge in [0.15, 0.2) is 5.84 Å². The van der Waals surface area contributed by atoms with E-state index in [1.165, 1.54) is 0 Å². The smallest absolute Gasteiger partial charge is 0.342 e. The predicted molar refractivity (Wildman–Crippen MR) is 63.3 cm³/mol. The van der Waals surface area contributed by atoms with Crippen molar-refractivity contribution >= 4 is 17.7 Å². The number of carbonyl (C=O) groups is 2. The molecule has 18 heavy (non-hydrogen) atoms. The van der Waals surface area contributed by atoms with Crippen molar-refractivity contribution in [1.82, 2.24) is 0 Å². The van der Waals surface area contributed by atoms with Gasteiger partial charge in [0.2, 0.25) is 6.04 Å². The van der Waals surface area contributed by atoms with Gasteiger partial charge in [-0.3, -0.25) is 4.79 Å². The van der Waals surface area contributed by atoms with Crippen molar-refractivity contribution in [2.45, 2.75) is 13.0 Å². The third-order valence-electron chi connectivity index (χ3n) is 2.26. The summed E-state index contributed by atoms with van der Waals surface area (Å²) < 4.78 is 4.71. The van der Waals surface area contributed by atoms with Crippen molar-refractivity contribution in [3.05, 3.63) is 35.9 Å². The first-order valence-electron chi connectivity index (χ1n) is 5.48. The van der Waals surface area contributed by atoms with Crippen LogP contribution in [0.5, 0.6) is 0 Å². The summed E-state index contributed by atoms with van der Waals surface area (Å²) in [5.41, 5.74) is 0.678. The first kappa shape index (κ1) is 12.1. The van der Waals surface area contributed by atoms with Gasteiger partial charge in [0.25, 0.3) is 5.91 Å². The lowest BCUT2D eigenvalue weighted by atomic mass is 10.2. The molecule has 1 aliphatic heterocycles. The van der Waals surface area contributed by atoms with Gasteiger partial charge in [0, 0.05) is 5.56 Å². The highest BCUT2D eigenvalue weighted by Crippen LogP contribution is 2.11. The van der Waals surface area contributed by atoms with Crippen LogP contribution in [-0.2, 0) is 14.3 Å². The molecule has 92 valence electrons. The summed E-state index contributed by atoms with van der Waals surface area (Å²) in [4.78, 5) is 26.8. The Hall–Kier alpha value is -2.37. The summed E-state index contributed by atoms with van der Waals surface area (Å²) in [6.07, 6.45) is 0. The first-order valence-corrected chi connectivity index (χ1v) is 5.48. The standard InChI is InChI=1S/C12H11N3O3/c1-2-18-12(17)9-11(16)13-10(15-14-9)8-6-4-3-5-7-8/h3-7,9H,2H2,1H3. The quantitative estimate of drug-likeness (QED) is 0.595. The predicted octanol–water partition coefficient (Wildman–Crippen LogP) is 1.36. The summed E-state index contributed by atoms with van der Waals surface area (Å²) in [7, 11) is 0. The van der Waals surface area contributed by atoms with Crippen LogP contribution in [0, 0.1) is 0 Å². The number of hydrogen-bond acceptors (Lipinski definition) is 5. The zero-order valence-electron chi connectivity index (χ0n) is 9.74. The van der Waals surface area contributed by atoms with Crippen LogP contribution in [-0.4, -0.2) is 30.4 Å². The Morgan fingerprint density at radius 1 is 1.33 bits per heavy atom. The molecule has 0 N–H and O–H groups in total. The Kier molecular flexibility index (Phi) is 3.57. The van der Waals surface area contributed by atoms with E-state index in [4.69, 9.17) is 4.74 Å². The summed E-state index contributed by atoms with van der Waals surface area (Å²) in [5.74, 6) is -1.16. The van der Waals surface area contributed by atoms with Crippen molar-refractivity contribution < 1.29 is 14.3 Å². The average molecular weight is 245 g/mol. The third-order valence-corrected chi connectivity index (χ3v) is 2.26. The zero-order valence-corrected chi connectivity index (χ0v) is 9.74. The molecule has 0 saturated heterocycles. The first-order chi connectivity index (χ1) is 8.72. The number of ether oxygens (including phenoxy) is 1. The highest BCUT2D eigenvalue weighted by atomic mass is 16.5. The SMILES string of the molecule is CCOC(=O)C1N=NC(c2ccccc2)=NC1=O. The Morgan fingerprint density at radius 3 is 2.67 bits per heavy atom. The molecular formula is C12H11N3O3. The molecule has 0 radical (unpaired) electrons. The normalized spacial score (nSPS) is 18.4. The number of amidine groups is 1. The Labute approximate surface area is 103 Å². The van der Waals surface area contributed by atoms with Gasteiger partial charge in [-0.2, -0.15) is 10.1 Å². The second-order valence-electron chi connectivity index (χ2n) is 3.51. The lowest BCUT2D eigenvalue weighted by Crippen LogP contribution is -2.31. The molecule has 0 spiro atoms. The molecular weight excluding hydrogens is 234 g/mol. The maximum atomic E-state index is 11.7. The number of rotatable bonds is 3. The van der Waals surface area contributed by atoms with Crippen LogP contribution < -0.4 is 0 Å². The lowest BCUT2D eigenvalue weighted by molar-refractivity contribution is -0.147. The Balaban J connectivity index is 2.18. The fraction of sp³-hybridized carbons (Fsp3) is 0.250. The molecule has 2 rings (SSSR count). The van der Waals surface area contributed by atoms with Gasteiger partial charge in [-0.1, -0.05) is 30.3 Å². The zero-order chi connectivity index (χ0) is 13.0. The second kappa shape index (κ2) is 5.31. The van der Waals surface area contributed by atoms with Crippen LogP contribution in [0.3, 0.4) is 0 Å². The van der Waals surface area contributed by atoms with Gasteiger partial charge >= 0.3 is 5.97 Å². The number of aliphatic imine (C=N–C) groups is 1. The van der Waals surface area contributed by atoms with Gasteiger partial charge in [0.1, 0.15) is 0 Å². The van der Waals surface area contributed by atoms with Crippen LogP contribution in [0.15, 0.2) is 45.6 Å². The van der Waals surface area contributed by atoms with E-state index in [0.717, 1.165) is 0 Å². The molecule has 1 unspecified atom stereocenters. The number of esters is 1. The van der Waals surface area contributed by atoms with E-state index >= 15 is 0 Å². The minimum absolute atomic E-state index is 0.188. The van der Waals surface area contributed by atoms with Crippen LogP contribution in [0.25, 0.3) is 0 Å². The molecule has 0 aromatic heterocycles. The van der Waals surface area contributed by atoms with E-state index in [2.05, 4.69) is 15.2 Å². The molecule has 0 fully saturated rings. The molecule has 1 aromatic rings. The van der Waals surface area contributed by atoms with Crippen molar-refractivity contribution in [1.29, 1.82) is 0 Å².